The normalized spacial score (nSPS) is 19.4. The Hall–Kier alpha value is -0.640. The average molecular weight is 314 g/mol. The maximum atomic E-state index is 13.6. The van der Waals surface area contributed by atoms with Crippen LogP contribution in [0.4, 0.5) is 4.39 Å². The average Bonchev–Trinajstić information content (AvgIpc) is 2.49. The summed E-state index contributed by atoms with van der Waals surface area (Å²) in [7, 11) is 1.96. The molecule has 0 bridgehead atoms. The van der Waals surface area contributed by atoms with Crippen molar-refractivity contribution in [1.82, 2.24) is 5.32 Å². The summed E-state index contributed by atoms with van der Waals surface area (Å²) in [6.45, 7) is 2.76. The number of benzene rings is 1. The Balaban J connectivity index is 2.17. The van der Waals surface area contributed by atoms with Crippen LogP contribution in [-0.4, -0.2) is 25.3 Å². The van der Waals surface area contributed by atoms with Crippen molar-refractivity contribution in [2.75, 3.05) is 13.7 Å². The van der Waals surface area contributed by atoms with E-state index in [4.69, 9.17) is 16.3 Å². The van der Waals surface area contributed by atoms with Gasteiger partial charge >= 0.3 is 0 Å². The second-order valence-corrected chi connectivity index (χ2v) is 6.26. The van der Waals surface area contributed by atoms with Gasteiger partial charge < -0.3 is 10.1 Å². The minimum absolute atomic E-state index is 0.127. The van der Waals surface area contributed by atoms with Crippen LogP contribution in [0.3, 0.4) is 0 Å². The van der Waals surface area contributed by atoms with Crippen LogP contribution in [0, 0.1) is 5.82 Å². The van der Waals surface area contributed by atoms with E-state index < -0.39 is 0 Å². The second-order valence-electron chi connectivity index (χ2n) is 5.85. The van der Waals surface area contributed by atoms with Crippen LogP contribution in [0.2, 0.25) is 5.02 Å². The number of hydrogen-bond acceptors (Lipinski definition) is 2. The zero-order valence-corrected chi connectivity index (χ0v) is 13.7. The number of nitrogens with one attached hydrogen (secondary N) is 1. The first-order chi connectivity index (χ1) is 10.1. The molecule has 1 aromatic rings. The number of halogens is 2. The highest BCUT2D eigenvalue weighted by Gasteiger charge is 2.39. The predicted octanol–water partition coefficient (Wildman–Crippen LogP) is 4.35. The zero-order valence-electron chi connectivity index (χ0n) is 12.9. The first kappa shape index (κ1) is 16.7. The van der Waals surface area contributed by atoms with Crippen molar-refractivity contribution in [3.63, 3.8) is 0 Å². The molecule has 1 aliphatic rings. The summed E-state index contributed by atoms with van der Waals surface area (Å²) < 4.78 is 19.8. The molecule has 1 saturated carbocycles. The molecule has 0 aromatic heterocycles. The quantitative estimate of drug-likeness (QED) is 0.843. The van der Waals surface area contributed by atoms with Gasteiger partial charge in [-0.25, -0.2) is 4.39 Å². The minimum atomic E-state index is -0.349. The predicted molar refractivity (Wildman–Crippen MR) is 85.4 cm³/mol. The minimum Gasteiger partial charge on any atom is -0.374 e. The highest BCUT2D eigenvalue weighted by molar-refractivity contribution is 6.30. The molecule has 0 heterocycles. The maximum Gasteiger partial charge on any atom is 0.142 e. The molecule has 0 amide bonds. The molecule has 0 saturated heterocycles. The van der Waals surface area contributed by atoms with Gasteiger partial charge in [-0.15, -0.1) is 0 Å². The Bertz CT molecular complexity index is 455. The zero-order chi connectivity index (χ0) is 15.3. The van der Waals surface area contributed by atoms with Gasteiger partial charge in [-0.3, -0.25) is 0 Å². The smallest absolute Gasteiger partial charge is 0.142 e. The lowest BCUT2D eigenvalue weighted by molar-refractivity contribution is -0.0883. The van der Waals surface area contributed by atoms with E-state index in [0.29, 0.717) is 6.61 Å². The van der Waals surface area contributed by atoms with Crippen molar-refractivity contribution in [3.05, 3.63) is 34.6 Å². The van der Waals surface area contributed by atoms with Crippen molar-refractivity contribution in [2.45, 2.75) is 57.1 Å². The van der Waals surface area contributed by atoms with Gasteiger partial charge in [-0.1, -0.05) is 36.9 Å². The maximum absolute atomic E-state index is 13.6. The lowest BCUT2D eigenvalue weighted by atomic mass is 9.77. The van der Waals surface area contributed by atoms with E-state index in [1.54, 1.807) is 6.07 Å². The molecular formula is C17H25ClFNO. The molecule has 1 fully saturated rings. The van der Waals surface area contributed by atoms with Gasteiger partial charge in [0.05, 0.1) is 10.6 Å². The Morgan fingerprint density at radius 2 is 2.05 bits per heavy atom. The number of likely N-dealkylation sites (N-methyl/N-ethyl adjacent to an activating group) is 1. The van der Waals surface area contributed by atoms with E-state index >= 15 is 0 Å². The third kappa shape index (κ3) is 3.97. The standard InChI is InChI=1S/C17H25ClFNO/c1-3-21-17(9-5-4-6-10-17)16(20-2)12-13-7-8-14(18)15(19)11-13/h7-8,11,16,20H,3-6,9-10,12H2,1-2H3. The van der Waals surface area contributed by atoms with E-state index in [1.807, 2.05) is 20.0 Å². The molecule has 2 nitrogen and oxygen atoms in total. The highest BCUT2D eigenvalue weighted by atomic mass is 35.5. The van der Waals surface area contributed by atoms with Crippen molar-refractivity contribution < 1.29 is 9.13 Å². The summed E-state index contributed by atoms with van der Waals surface area (Å²) in [5.41, 5.74) is 0.832. The fraction of sp³-hybridized carbons (Fsp3) is 0.647. The lowest BCUT2D eigenvalue weighted by Crippen LogP contribution is -2.53. The van der Waals surface area contributed by atoms with E-state index in [-0.39, 0.29) is 22.5 Å². The van der Waals surface area contributed by atoms with Crippen molar-refractivity contribution in [1.29, 1.82) is 0 Å². The Labute approximate surface area is 132 Å². The fourth-order valence-corrected chi connectivity index (χ4v) is 3.60. The molecule has 2 rings (SSSR count). The Kier molecular flexibility index (Phi) is 6.03. The summed E-state index contributed by atoms with van der Waals surface area (Å²) >= 11 is 5.76. The SMILES string of the molecule is CCOC1(C(Cc2ccc(Cl)c(F)c2)NC)CCCCC1. The summed E-state index contributed by atoms with van der Waals surface area (Å²) in [6, 6.07) is 5.26. The van der Waals surface area contributed by atoms with E-state index in [9.17, 15) is 4.39 Å². The first-order valence-corrected chi connectivity index (χ1v) is 8.24. The molecule has 1 atom stereocenters. The van der Waals surface area contributed by atoms with E-state index in [0.717, 1.165) is 24.8 Å². The van der Waals surface area contributed by atoms with Gasteiger partial charge in [0.15, 0.2) is 0 Å². The Morgan fingerprint density at radius 3 is 2.62 bits per heavy atom. The molecule has 21 heavy (non-hydrogen) atoms. The third-order valence-electron chi connectivity index (χ3n) is 4.54. The van der Waals surface area contributed by atoms with E-state index in [2.05, 4.69) is 5.32 Å². The van der Waals surface area contributed by atoms with Gasteiger partial charge in [0, 0.05) is 12.6 Å². The molecular weight excluding hydrogens is 289 g/mol. The molecule has 1 aromatic carbocycles. The molecule has 1 unspecified atom stereocenters. The van der Waals surface area contributed by atoms with Crippen molar-refractivity contribution in [3.8, 4) is 0 Å². The highest BCUT2D eigenvalue weighted by Crippen LogP contribution is 2.36. The summed E-state index contributed by atoms with van der Waals surface area (Å²) in [5, 5.41) is 3.58. The summed E-state index contributed by atoms with van der Waals surface area (Å²) in [4.78, 5) is 0. The molecule has 4 heteroatoms. The fourth-order valence-electron chi connectivity index (χ4n) is 3.48. The van der Waals surface area contributed by atoms with Crippen LogP contribution >= 0.6 is 11.6 Å². The molecule has 1 aliphatic carbocycles. The van der Waals surface area contributed by atoms with Gasteiger partial charge in [-0.2, -0.15) is 0 Å². The van der Waals surface area contributed by atoms with Crippen LogP contribution in [-0.2, 0) is 11.2 Å². The third-order valence-corrected chi connectivity index (χ3v) is 4.85. The van der Waals surface area contributed by atoms with Gasteiger partial charge in [-0.05, 0) is 50.9 Å². The number of hydrogen-bond donors (Lipinski definition) is 1. The number of rotatable bonds is 6. The van der Waals surface area contributed by atoms with Crippen molar-refractivity contribution >= 4 is 11.6 Å². The van der Waals surface area contributed by atoms with Crippen LogP contribution < -0.4 is 5.32 Å². The monoisotopic (exact) mass is 313 g/mol. The molecule has 0 spiro atoms. The summed E-state index contributed by atoms with van der Waals surface area (Å²) in [5.74, 6) is -0.349. The van der Waals surface area contributed by atoms with Gasteiger partial charge in [0.1, 0.15) is 5.82 Å². The molecule has 0 radical (unpaired) electrons. The van der Waals surface area contributed by atoms with Crippen LogP contribution in [0.1, 0.15) is 44.6 Å². The van der Waals surface area contributed by atoms with Crippen LogP contribution in [0.25, 0.3) is 0 Å². The van der Waals surface area contributed by atoms with Gasteiger partial charge in [0.2, 0.25) is 0 Å². The van der Waals surface area contributed by atoms with Gasteiger partial charge in [0.25, 0.3) is 0 Å². The van der Waals surface area contributed by atoms with Crippen LogP contribution in [0.15, 0.2) is 18.2 Å². The molecule has 0 aliphatic heterocycles. The van der Waals surface area contributed by atoms with Crippen LogP contribution in [0.5, 0.6) is 0 Å². The largest absolute Gasteiger partial charge is 0.374 e. The van der Waals surface area contributed by atoms with E-state index in [1.165, 1.54) is 25.3 Å². The Morgan fingerprint density at radius 1 is 1.33 bits per heavy atom. The molecule has 1 N–H and O–H groups in total. The second kappa shape index (κ2) is 7.57. The lowest BCUT2D eigenvalue weighted by Gasteiger charge is -2.43. The summed E-state index contributed by atoms with van der Waals surface area (Å²) in [6.07, 6.45) is 6.58. The topological polar surface area (TPSA) is 21.3 Å². The van der Waals surface area contributed by atoms with Crippen molar-refractivity contribution in [2.24, 2.45) is 0 Å². The first-order valence-electron chi connectivity index (χ1n) is 7.86. The molecule has 118 valence electrons. The number of ether oxygens (including phenoxy) is 1.